The van der Waals surface area contributed by atoms with Gasteiger partial charge in [0.05, 0.1) is 0 Å². The average Bonchev–Trinajstić information content (AvgIpc) is 2.13. The van der Waals surface area contributed by atoms with Gasteiger partial charge in [-0.25, -0.2) is 0 Å². The number of hydrogen-bond donors (Lipinski definition) is 0. The lowest BCUT2D eigenvalue weighted by atomic mass is 10.3. The van der Waals surface area contributed by atoms with Crippen molar-refractivity contribution in [2.75, 3.05) is 26.2 Å². The van der Waals surface area contributed by atoms with Crippen molar-refractivity contribution in [1.82, 2.24) is 4.90 Å². The smallest absolute Gasteiger partial charge is 0.305 e. The number of nitrogens with zero attached hydrogens (tertiary/aromatic N) is 1. The number of ether oxygens (including phenoxy) is 1. The maximum Gasteiger partial charge on any atom is 0.305 e. The molecule has 3 nitrogen and oxygen atoms in total. The van der Waals surface area contributed by atoms with E-state index in [1.165, 1.54) is 0 Å². The van der Waals surface area contributed by atoms with Gasteiger partial charge in [-0.15, -0.1) is 0 Å². The molecule has 3 heteroatoms. The Labute approximate surface area is 81.1 Å². The molecule has 0 spiro atoms. The summed E-state index contributed by atoms with van der Waals surface area (Å²) in [6.45, 7) is 9.60. The van der Waals surface area contributed by atoms with E-state index in [-0.39, 0.29) is 5.97 Å². The highest BCUT2D eigenvalue weighted by Gasteiger charge is 2.02. The predicted molar refractivity (Wildman–Crippen MR) is 53.7 cm³/mol. The van der Waals surface area contributed by atoms with Gasteiger partial charge in [0, 0.05) is 13.0 Å². The van der Waals surface area contributed by atoms with Gasteiger partial charge in [0.15, 0.2) is 0 Å². The van der Waals surface area contributed by atoms with Crippen molar-refractivity contribution in [3.63, 3.8) is 0 Å². The zero-order valence-electron chi connectivity index (χ0n) is 9.01. The Kier molecular flexibility index (Phi) is 7.69. The summed E-state index contributed by atoms with van der Waals surface area (Å²) in [7, 11) is 0. The lowest BCUT2D eigenvalue weighted by Crippen LogP contribution is -2.27. The molecule has 0 fully saturated rings. The van der Waals surface area contributed by atoms with E-state index in [2.05, 4.69) is 18.7 Å². The lowest BCUT2D eigenvalue weighted by molar-refractivity contribution is -0.144. The summed E-state index contributed by atoms with van der Waals surface area (Å²) in [6.07, 6.45) is 1.41. The molecule has 0 aliphatic carbocycles. The number of esters is 1. The monoisotopic (exact) mass is 187 g/mol. The largest absolute Gasteiger partial charge is 0.464 e. The van der Waals surface area contributed by atoms with Crippen LogP contribution >= 0.6 is 0 Å². The molecular formula is C10H21NO2. The molecule has 0 aliphatic rings. The zero-order valence-corrected chi connectivity index (χ0v) is 9.01. The number of hydrogen-bond acceptors (Lipinski definition) is 3. The van der Waals surface area contributed by atoms with Crippen LogP contribution in [0.2, 0.25) is 0 Å². The van der Waals surface area contributed by atoms with E-state index in [0.29, 0.717) is 13.0 Å². The van der Waals surface area contributed by atoms with Gasteiger partial charge >= 0.3 is 5.97 Å². The molecule has 0 bridgehead atoms. The SMILES string of the molecule is CCCC(=O)OCCN(CC)CC. The molecule has 0 heterocycles. The Hall–Kier alpha value is -0.570. The number of rotatable bonds is 7. The van der Waals surface area contributed by atoms with Gasteiger partial charge in [0.1, 0.15) is 6.61 Å². The third kappa shape index (κ3) is 6.58. The van der Waals surface area contributed by atoms with Crippen LogP contribution in [0, 0.1) is 0 Å². The Morgan fingerprint density at radius 2 is 1.85 bits per heavy atom. The fraction of sp³-hybridized carbons (Fsp3) is 0.900. The number of likely N-dealkylation sites (N-methyl/N-ethyl adjacent to an activating group) is 1. The normalized spacial score (nSPS) is 10.5. The maximum absolute atomic E-state index is 11.0. The quantitative estimate of drug-likeness (QED) is 0.568. The van der Waals surface area contributed by atoms with Crippen LogP contribution < -0.4 is 0 Å². The molecule has 0 N–H and O–H groups in total. The van der Waals surface area contributed by atoms with Crippen LogP contribution in [0.4, 0.5) is 0 Å². The molecule has 0 atom stereocenters. The first kappa shape index (κ1) is 12.4. The third-order valence-electron chi connectivity index (χ3n) is 2.02. The lowest BCUT2D eigenvalue weighted by Gasteiger charge is -2.17. The summed E-state index contributed by atoms with van der Waals surface area (Å²) in [5.41, 5.74) is 0. The van der Waals surface area contributed by atoms with Crippen molar-refractivity contribution in [1.29, 1.82) is 0 Å². The van der Waals surface area contributed by atoms with Crippen LogP contribution in [-0.2, 0) is 9.53 Å². The summed E-state index contributed by atoms with van der Waals surface area (Å²) in [4.78, 5) is 13.2. The average molecular weight is 187 g/mol. The van der Waals surface area contributed by atoms with Crippen LogP contribution in [0.1, 0.15) is 33.6 Å². The number of carbonyl (C=O) groups is 1. The topological polar surface area (TPSA) is 29.5 Å². The molecule has 0 amide bonds. The molecule has 0 unspecified atom stereocenters. The van der Waals surface area contributed by atoms with E-state index in [1.54, 1.807) is 0 Å². The van der Waals surface area contributed by atoms with E-state index >= 15 is 0 Å². The van der Waals surface area contributed by atoms with Gasteiger partial charge < -0.3 is 9.64 Å². The number of carbonyl (C=O) groups excluding carboxylic acids is 1. The molecule has 0 aromatic heterocycles. The second-order valence-electron chi connectivity index (χ2n) is 3.00. The van der Waals surface area contributed by atoms with E-state index < -0.39 is 0 Å². The van der Waals surface area contributed by atoms with Crippen molar-refractivity contribution in [3.05, 3.63) is 0 Å². The minimum atomic E-state index is -0.0744. The summed E-state index contributed by atoms with van der Waals surface area (Å²) in [6, 6.07) is 0. The summed E-state index contributed by atoms with van der Waals surface area (Å²) in [5, 5.41) is 0. The van der Waals surface area contributed by atoms with Crippen LogP contribution in [0.3, 0.4) is 0 Å². The molecule has 0 rings (SSSR count). The van der Waals surface area contributed by atoms with Gasteiger partial charge in [-0.3, -0.25) is 4.79 Å². The van der Waals surface area contributed by atoms with Gasteiger partial charge in [0.25, 0.3) is 0 Å². The van der Waals surface area contributed by atoms with E-state index in [4.69, 9.17) is 4.74 Å². The minimum absolute atomic E-state index is 0.0744. The Morgan fingerprint density at radius 1 is 1.23 bits per heavy atom. The van der Waals surface area contributed by atoms with Crippen LogP contribution in [0.15, 0.2) is 0 Å². The van der Waals surface area contributed by atoms with Gasteiger partial charge in [-0.05, 0) is 19.5 Å². The van der Waals surface area contributed by atoms with Crippen LogP contribution in [0.25, 0.3) is 0 Å². The molecule has 0 aromatic rings. The summed E-state index contributed by atoms with van der Waals surface area (Å²) >= 11 is 0. The van der Waals surface area contributed by atoms with Gasteiger partial charge in [-0.2, -0.15) is 0 Å². The Morgan fingerprint density at radius 3 is 2.31 bits per heavy atom. The second-order valence-corrected chi connectivity index (χ2v) is 3.00. The highest BCUT2D eigenvalue weighted by Crippen LogP contribution is 1.92. The zero-order chi connectivity index (χ0) is 10.1. The molecule has 0 saturated carbocycles. The molecular weight excluding hydrogens is 166 g/mol. The van der Waals surface area contributed by atoms with Crippen molar-refractivity contribution >= 4 is 5.97 Å². The standard InChI is InChI=1S/C10H21NO2/c1-4-7-10(12)13-9-8-11(5-2)6-3/h4-9H2,1-3H3. The Balaban J connectivity index is 3.37. The van der Waals surface area contributed by atoms with Crippen molar-refractivity contribution in [2.24, 2.45) is 0 Å². The van der Waals surface area contributed by atoms with Gasteiger partial charge in [0.2, 0.25) is 0 Å². The summed E-state index contributed by atoms with van der Waals surface area (Å²) < 4.78 is 5.04. The van der Waals surface area contributed by atoms with Crippen LogP contribution in [0.5, 0.6) is 0 Å². The first-order chi connectivity index (χ1) is 6.24. The maximum atomic E-state index is 11.0. The van der Waals surface area contributed by atoms with Crippen molar-refractivity contribution in [2.45, 2.75) is 33.6 Å². The molecule has 78 valence electrons. The molecule has 0 aliphatic heterocycles. The fourth-order valence-electron chi connectivity index (χ4n) is 1.10. The summed E-state index contributed by atoms with van der Waals surface area (Å²) in [5.74, 6) is -0.0744. The Bertz CT molecular complexity index is 133. The first-order valence-electron chi connectivity index (χ1n) is 5.12. The molecule has 0 radical (unpaired) electrons. The fourth-order valence-corrected chi connectivity index (χ4v) is 1.10. The van der Waals surface area contributed by atoms with E-state index in [1.807, 2.05) is 6.92 Å². The van der Waals surface area contributed by atoms with Gasteiger partial charge in [-0.1, -0.05) is 20.8 Å². The van der Waals surface area contributed by atoms with Crippen LogP contribution in [-0.4, -0.2) is 37.1 Å². The molecule has 13 heavy (non-hydrogen) atoms. The second kappa shape index (κ2) is 8.05. The molecule has 0 saturated heterocycles. The predicted octanol–water partition coefficient (Wildman–Crippen LogP) is 1.67. The van der Waals surface area contributed by atoms with E-state index in [9.17, 15) is 4.79 Å². The first-order valence-corrected chi connectivity index (χ1v) is 5.12. The third-order valence-corrected chi connectivity index (χ3v) is 2.02. The van der Waals surface area contributed by atoms with Crippen molar-refractivity contribution < 1.29 is 9.53 Å². The highest BCUT2D eigenvalue weighted by atomic mass is 16.5. The minimum Gasteiger partial charge on any atom is -0.464 e. The highest BCUT2D eigenvalue weighted by molar-refractivity contribution is 5.69. The van der Waals surface area contributed by atoms with Crippen molar-refractivity contribution in [3.8, 4) is 0 Å². The van der Waals surface area contributed by atoms with E-state index in [0.717, 1.165) is 26.1 Å². The molecule has 0 aromatic carbocycles.